The van der Waals surface area contributed by atoms with Crippen LogP contribution >= 0.6 is 23.2 Å². The summed E-state index contributed by atoms with van der Waals surface area (Å²) in [5.74, 6) is -0.231. The van der Waals surface area contributed by atoms with Gasteiger partial charge in [0, 0.05) is 11.1 Å². The molecule has 1 aromatic carbocycles. The van der Waals surface area contributed by atoms with Crippen molar-refractivity contribution in [2.24, 2.45) is 5.10 Å². The minimum absolute atomic E-state index is 0.0218. The van der Waals surface area contributed by atoms with Crippen LogP contribution in [0, 0.1) is 0 Å². The maximum atomic E-state index is 12.8. The fourth-order valence-electron chi connectivity index (χ4n) is 2.47. The fourth-order valence-corrected chi connectivity index (χ4v) is 2.97. The standard InChI is InChI=1S/C15H17Cl2N5O2/c1-10(2)20-14(23)15(22-18-5-6-24-22)8-19-21(9-15)13-4-3-11(16)7-12(13)17/h3-8,10,18H,9H2,1-2H3,(H,20,23). The molecule has 128 valence electrons. The Bertz CT molecular complexity index is 701. The third-order valence-electron chi connectivity index (χ3n) is 3.59. The number of hydrogen-bond acceptors (Lipinski definition) is 6. The molecule has 1 atom stereocenters. The average Bonchev–Trinajstić information content (AvgIpc) is 3.16. The largest absolute Gasteiger partial charge is 0.391 e. The number of hydrogen-bond donors (Lipinski definition) is 2. The summed E-state index contributed by atoms with van der Waals surface area (Å²) in [5, 5.41) is 11.2. The molecule has 2 aliphatic heterocycles. The zero-order valence-corrected chi connectivity index (χ0v) is 14.7. The highest BCUT2D eigenvalue weighted by Crippen LogP contribution is 2.33. The van der Waals surface area contributed by atoms with E-state index in [0.717, 1.165) is 0 Å². The smallest absolute Gasteiger partial charge is 0.253 e. The van der Waals surface area contributed by atoms with Crippen molar-refractivity contribution in [3.05, 3.63) is 40.7 Å². The molecule has 2 heterocycles. The summed E-state index contributed by atoms with van der Waals surface area (Å²) in [5.41, 5.74) is 2.40. The molecule has 2 aliphatic rings. The number of amides is 1. The van der Waals surface area contributed by atoms with Crippen molar-refractivity contribution in [1.82, 2.24) is 15.9 Å². The van der Waals surface area contributed by atoms with Crippen molar-refractivity contribution in [1.29, 1.82) is 0 Å². The van der Waals surface area contributed by atoms with Gasteiger partial charge in [0.25, 0.3) is 5.91 Å². The van der Waals surface area contributed by atoms with Gasteiger partial charge < -0.3 is 10.2 Å². The number of rotatable bonds is 4. The zero-order chi connectivity index (χ0) is 17.3. The van der Waals surface area contributed by atoms with Gasteiger partial charge in [-0.2, -0.15) is 5.10 Å². The molecule has 9 heteroatoms. The molecule has 0 aromatic heterocycles. The number of hydrazine groups is 1. The van der Waals surface area contributed by atoms with E-state index < -0.39 is 5.54 Å². The van der Waals surface area contributed by atoms with Gasteiger partial charge in [-0.25, -0.2) is 0 Å². The minimum Gasteiger partial charge on any atom is -0.391 e. The van der Waals surface area contributed by atoms with Gasteiger partial charge in [-0.1, -0.05) is 23.2 Å². The van der Waals surface area contributed by atoms with Gasteiger partial charge in [0.2, 0.25) is 5.54 Å². The molecular weight excluding hydrogens is 353 g/mol. The van der Waals surface area contributed by atoms with Gasteiger partial charge in [-0.3, -0.25) is 15.2 Å². The van der Waals surface area contributed by atoms with Crippen molar-refractivity contribution in [3.63, 3.8) is 0 Å². The molecule has 0 saturated heterocycles. The van der Waals surface area contributed by atoms with Crippen LogP contribution in [0.15, 0.2) is 35.8 Å². The molecule has 3 rings (SSSR count). The summed E-state index contributed by atoms with van der Waals surface area (Å²) in [6.45, 7) is 4.01. The van der Waals surface area contributed by atoms with E-state index in [1.807, 2.05) is 13.8 Å². The number of benzene rings is 1. The first-order valence-corrected chi connectivity index (χ1v) is 8.15. The summed E-state index contributed by atoms with van der Waals surface area (Å²) in [6, 6.07) is 5.09. The van der Waals surface area contributed by atoms with Crippen LogP contribution in [0.4, 0.5) is 5.69 Å². The van der Waals surface area contributed by atoms with Gasteiger partial charge in [0.05, 0.1) is 29.7 Å². The first-order valence-electron chi connectivity index (χ1n) is 7.39. The van der Waals surface area contributed by atoms with E-state index >= 15 is 0 Å². The maximum absolute atomic E-state index is 12.8. The highest BCUT2D eigenvalue weighted by Gasteiger charge is 2.51. The lowest BCUT2D eigenvalue weighted by Gasteiger charge is -2.33. The van der Waals surface area contributed by atoms with E-state index in [0.29, 0.717) is 15.7 Å². The van der Waals surface area contributed by atoms with E-state index in [-0.39, 0.29) is 18.5 Å². The molecular formula is C15H17Cl2N5O2. The Kier molecular flexibility index (Phi) is 4.58. The van der Waals surface area contributed by atoms with Crippen LogP contribution in [0.2, 0.25) is 10.0 Å². The van der Waals surface area contributed by atoms with Crippen LogP contribution in [0.5, 0.6) is 0 Å². The fraction of sp³-hybridized carbons (Fsp3) is 0.333. The van der Waals surface area contributed by atoms with Gasteiger partial charge >= 0.3 is 0 Å². The number of nitrogens with one attached hydrogen (secondary N) is 2. The number of carbonyl (C=O) groups is 1. The first-order chi connectivity index (χ1) is 11.4. The molecule has 1 amide bonds. The lowest BCUT2D eigenvalue weighted by molar-refractivity contribution is -0.176. The van der Waals surface area contributed by atoms with Gasteiger partial charge in [0.15, 0.2) is 0 Å². The monoisotopic (exact) mass is 369 g/mol. The summed E-state index contributed by atoms with van der Waals surface area (Å²) >= 11 is 12.2. The van der Waals surface area contributed by atoms with Crippen LogP contribution in [0.25, 0.3) is 0 Å². The van der Waals surface area contributed by atoms with Gasteiger partial charge in [-0.05, 0) is 37.2 Å². The molecule has 0 aliphatic carbocycles. The molecule has 1 unspecified atom stereocenters. The second kappa shape index (κ2) is 6.51. The number of hydrazone groups is 1. The number of nitrogens with zero attached hydrogens (tertiary/aromatic N) is 3. The van der Waals surface area contributed by atoms with Crippen molar-refractivity contribution in [3.8, 4) is 0 Å². The van der Waals surface area contributed by atoms with Gasteiger partial charge in [0.1, 0.15) is 6.26 Å². The lowest BCUT2D eigenvalue weighted by Crippen LogP contribution is -2.64. The summed E-state index contributed by atoms with van der Waals surface area (Å²) in [7, 11) is 0. The first kappa shape index (κ1) is 16.9. The summed E-state index contributed by atoms with van der Waals surface area (Å²) in [6.07, 6.45) is 4.59. The molecule has 0 fully saturated rings. The SMILES string of the molecule is CC(C)NC(=O)C1(N2NC=CO2)C=NN(c2ccc(Cl)cc2Cl)C1. The average molecular weight is 370 g/mol. The van der Waals surface area contributed by atoms with Gasteiger partial charge in [-0.15, -0.1) is 0 Å². The predicted octanol–water partition coefficient (Wildman–Crippen LogP) is 2.29. The zero-order valence-electron chi connectivity index (χ0n) is 13.2. The Hall–Kier alpha value is -1.96. The van der Waals surface area contributed by atoms with E-state index in [1.165, 1.54) is 17.6 Å². The van der Waals surface area contributed by atoms with E-state index in [9.17, 15) is 4.79 Å². The second-order valence-corrected chi connectivity index (χ2v) is 6.63. The van der Waals surface area contributed by atoms with Crippen molar-refractivity contribution < 1.29 is 9.63 Å². The topological polar surface area (TPSA) is 69.2 Å². The minimum atomic E-state index is -1.14. The maximum Gasteiger partial charge on any atom is 0.253 e. The van der Waals surface area contributed by atoms with E-state index in [4.69, 9.17) is 28.0 Å². The third kappa shape index (κ3) is 3.02. The quantitative estimate of drug-likeness (QED) is 0.851. The molecule has 0 radical (unpaired) electrons. The normalized spacial score (nSPS) is 22.8. The second-order valence-electron chi connectivity index (χ2n) is 5.78. The van der Waals surface area contributed by atoms with Crippen LogP contribution in [0.3, 0.4) is 0 Å². The summed E-state index contributed by atoms with van der Waals surface area (Å²) in [4.78, 5) is 18.2. The van der Waals surface area contributed by atoms with Crippen molar-refractivity contribution in [2.75, 3.05) is 11.6 Å². The highest BCUT2D eigenvalue weighted by molar-refractivity contribution is 6.36. The molecule has 2 N–H and O–H groups in total. The van der Waals surface area contributed by atoms with Crippen LogP contribution in [-0.4, -0.2) is 35.4 Å². The Balaban J connectivity index is 1.89. The Morgan fingerprint density at radius 3 is 2.88 bits per heavy atom. The van der Waals surface area contributed by atoms with E-state index in [2.05, 4.69) is 15.8 Å². The molecule has 0 saturated carbocycles. The lowest BCUT2D eigenvalue weighted by atomic mass is 10.0. The van der Waals surface area contributed by atoms with Crippen LogP contribution in [0.1, 0.15) is 13.8 Å². The Morgan fingerprint density at radius 2 is 2.25 bits per heavy atom. The number of anilines is 1. The number of hydroxylamine groups is 1. The molecule has 0 bridgehead atoms. The number of halogens is 2. The van der Waals surface area contributed by atoms with E-state index in [1.54, 1.807) is 29.4 Å². The van der Waals surface area contributed by atoms with Crippen molar-refractivity contribution >= 4 is 41.0 Å². The third-order valence-corrected chi connectivity index (χ3v) is 4.13. The molecule has 7 nitrogen and oxygen atoms in total. The number of carbonyl (C=O) groups excluding carboxylic acids is 1. The van der Waals surface area contributed by atoms with Crippen LogP contribution < -0.4 is 15.8 Å². The van der Waals surface area contributed by atoms with Crippen molar-refractivity contribution in [2.45, 2.75) is 25.4 Å². The highest BCUT2D eigenvalue weighted by atomic mass is 35.5. The summed E-state index contributed by atoms with van der Waals surface area (Å²) < 4.78 is 0. The Morgan fingerprint density at radius 1 is 1.46 bits per heavy atom. The molecule has 24 heavy (non-hydrogen) atoms. The Labute approximate surface area is 149 Å². The predicted molar refractivity (Wildman–Crippen MR) is 93.5 cm³/mol. The molecule has 1 aromatic rings. The van der Waals surface area contributed by atoms with Crippen LogP contribution in [-0.2, 0) is 9.63 Å². The molecule has 0 spiro atoms.